The highest BCUT2D eigenvalue weighted by atomic mass is 16.6. The number of nitrogens with two attached hydrogens (primary N) is 1. The summed E-state index contributed by atoms with van der Waals surface area (Å²) < 4.78 is 4.90. The third kappa shape index (κ3) is 1.87. The number of rotatable bonds is 3. The van der Waals surface area contributed by atoms with Gasteiger partial charge in [0.05, 0.1) is 0 Å². The number of carbonyl (C=O) groups excluding carboxylic acids is 1. The predicted octanol–water partition coefficient (Wildman–Crippen LogP) is 1.33. The Hall–Kier alpha value is -1.94. The standard InChI is InChI=1S/C12H12N2O2/c1-2-10-14-11(12(15)16-10)9-5-3-8(7-13)4-6-9/h2-6,11H,1,7,13H2. The van der Waals surface area contributed by atoms with Crippen molar-refractivity contribution in [1.82, 2.24) is 0 Å². The van der Waals surface area contributed by atoms with Crippen LogP contribution in [0.5, 0.6) is 0 Å². The number of cyclic esters (lactones) is 1. The predicted molar refractivity (Wildman–Crippen MR) is 60.8 cm³/mol. The summed E-state index contributed by atoms with van der Waals surface area (Å²) in [6, 6.07) is 6.86. The molecule has 82 valence electrons. The summed E-state index contributed by atoms with van der Waals surface area (Å²) in [5.74, 6) is -0.0895. The molecule has 0 aromatic heterocycles. The first-order chi connectivity index (χ1) is 7.74. The Morgan fingerprint density at radius 3 is 2.62 bits per heavy atom. The zero-order valence-corrected chi connectivity index (χ0v) is 8.72. The van der Waals surface area contributed by atoms with Crippen LogP contribution >= 0.6 is 0 Å². The number of esters is 1. The minimum atomic E-state index is -0.570. The summed E-state index contributed by atoms with van der Waals surface area (Å²) >= 11 is 0. The van der Waals surface area contributed by atoms with E-state index in [1.54, 1.807) is 0 Å². The second-order valence-corrected chi connectivity index (χ2v) is 3.44. The lowest BCUT2D eigenvalue weighted by molar-refractivity contribution is -0.135. The van der Waals surface area contributed by atoms with Crippen LogP contribution < -0.4 is 5.73 Å². The van der Waals surface area contributed by atoms with Gasteiger partial charge in [0.1, 0.15) is 0 Å². The number of benzene rings is 1. The molecule has 0 fully saturated rings. The number of hydrogen-bond acceptors (Lipinski definition) is 4. The van der Waals surface area contributed by atoms with E-state index in [0.717, 1.165) is 11.1 Å². The van der Waals surface area contributed by atoms with Crippen molar-refractivity contribution in [2.45, 2.75) is 12.6 Å². The second-order valence-electron chi connectivity index (χ2n) is 3.44. The Morgan fingerprint density at radius 1 is 1.44 bits per heavy atom. The molecule has 0 saturated heterocycles. The molecule has 1 aliphatic heterocycles. The van der Waals surface area contributed by atoms with Gasteiger partial charge in [-0.15, -0.1) is 0 Å². The molecule has 2 N–H and O–H groups in total. The SMILES string of the molecule is C=CC1=NC(c2ccc(CN)cc2)C(=O)O1. The van der Waals surface area contributed by atoms with Gasteiger partial charge in [-0.3, -0.25) is 0 Å². The molecule has 4 nitrogen and oxygen atoms in total. The molecule has 16 heavy (non-hydrogen) atoms. The topological polar surface area (TPSA) is 64.7 Å². The zero-order chi connectivity index (χ0) is 11.5. The Morgan fingerprint density at radius 2 is 2.12 bits per heavy atom. The van der Waals surface area contributed by atoms with Gasteiger partial charge < -0.3 is 10.5 Å². The van der Waals surface area contributed by atoms with Crippen LogP contribution in [0.1, 0.15) is 17.2 Å². The molecule has 1 heterocycles. The van der Waals surface area contributed by atoms with E-state index in [1.165, 1.54) is 6.08 Å². The van der Waals surface area contributed by atoms with Gasteiger partial charge in [-0.2, -0.15) is 0 Å². The molecule has 4 heteroatoms. The number of hydrogen-bond donors (Lipinski definition) is 1. The van der Waals surface area contributed by atoms with Crippen molar-refractivity contribution in [2.75, 3.05) is 0 Å². The number of aliphatic imine (C=N–C) groups is 1. The summed E-state index contributed by atoms with van der Waals surface area (Å²) in [7, 11) is 0. The first-order valence-corrected chi connectivity index (χ1v) is 4.95. The maximum Gasteiger partial charge on any atom is 0.342 e. The van der Waals surface area contributed by atoms with Crippen molar-refractivity contribution in [3.05, 3.63) is 48.0 Å². The lowest BCUT2D eigenvalue weighted by Crippen LogP contribution is -2.07. The van der Waals surface area contributed by atoms with E-state index < -0.39 is 6.04 Å². The first-order valence-electron chi connectivity index (χ1n) is 4.95. The fourth-order valence-corrected chi connectivity index (χ4v) is 1.51. The minimum absolute atomic E-state index is 0.276. The van der Waals surface area contributed by atoms with E-state index in [-0.39, 0.29) is 11.9 Å². The summed E-state index contributed by atoms with van der Waals surface area (Å²) in [6.45, 7) is 3.99. The maximum atomic E-state index is 11.5. The third-order valence-corrected chi connectivity index (χ3v) is 2.39. The molecule has 1 atom stereocenters. The van der Waals surface area contributed by atoms with Crippen molar-refractivity contribution < 1.29 is 9.53 Å². The molecule has 1 aliphatic rings. The molecule has 0 spiro atoms. The molecule has 1 aromatic rings. The summed E-state index contributed by atoms with van der Waals surface area (Å²) in [5.41, 5.74) is 7.31. The van der Waals surface area contributed by atoms with Crippen molar-refractivity contribution in [2.24, 2.45) is 10.7 Å². The van der Waals surface area contributed by atoms with E-state index in [0.29, 0.717) is 6.54 Å². The fourth-order valence-electron chi connectivity index (χ4n) is 1.51. The lowest BCUT2D eigenvalue weighted by atomic mass is 10.1. The fraction of sp³-hybridized carbons (Fsp3) is 0.167. The zero-order valence-electron chi connectivity index (χ0n) is 8.72. The van der Waals surface area contributed by atoms with E-state index >= 15 is 0 Å². The van der Waals surface area contributed by atoms with Gasteiger partial charge >= 0.3 is 5.97 Å². The maximum absolute atomic E-state index is 11.5. The van der Waals surface area contributed by atoms with Crippen LogP contribution in [0.3, 0.4) is 0 Å². The molecule has 1 aromatic carbocycles. The summed E-state index contributed by atoms with van der Waals surface area (Å²) in [4.78, 5) is 15.6. The third-order valence-electron chi connectivity index (χ3n) is 2.39. The van der Waals surface area contributed by atoms with E-state index in [1.807, 2.05) is 24.3 Å². The largest absolute Gasteiger partial charge is 0.406 e. The smallest absolute Gasteiger partial charge is 0.342 e. The molecular weight excluding hydrogens is 204 g/mol. The summed E-state index contributed by atoms with van der Waals surface area (Å²) in [5, 5.41) is 0. The quantitative estimate of drug-likeness (QED) is 0.775. The molecule has 0 aliphatic carbocycles. The first kappa shape index (κ1) is 10.6. The highest BCUT2D eigenvalue weighted by molar-refractivity contribution is 6.02. The van der Waals surface area contributed by atoms with Crippen LogP contribution in [0, 0.1) is 0 Å². The number of carbonyl (C=O) groups is 1. The summed E-state index contributed by atoms with van der Waals surface area (Å²) in [6.07, 6.45) is 1.42. The molecule has 0 bridgehead atoms. The molecule has 0 saturated carbocycles. The molecule has 0 radical (unpaired) electrons. The van der Waals surface area contributed by atoms with Crippen LogP contribution in [0.4, 0.5) is 0 Å². The van der Waals surface area contributed by atoms with Crippen LogP contribution in [-0.2, 0) is 16.1 Å². The van der Waals surface area contributed by atoms with E-state index in [4.69, 9.17) is 10.5 Å². The normalized spacial score (nSPS) is 19.2. The Bertz CT molecular complexity index is 449. The Labute approximate surface area is 93.4 Å². The Balaban J connectivity index is 2.27. The molecule has 2 rings (SSSR count). The van der Waals surface area contributed by atoms with Crippen molar-refractivity contribution in [3.8, 4) is 0 Å². The van der Waals surface area contributed by atoms with Gasteiger partial charge in [0.25, 0.3) is 0 Å². The highest BCUT2D eigenvalue weighted by Crippen LogP contribution is 2.24. The van der Waals surface area contributed by atoms with E-state index in [9.17, 15) is 4.79 Å². The van der Waals surface area contributed by atoms with Crippen molar-refractivity contribution in [3.63, 3.8) is 0 Å². The minimum Gasteiger partial charge on any atom is -0.406 e. The number of ether oxygens (including phenoxy) is 1. The van der Waals surface area contributed by atoms with E-state index in [2.05, 4.69) is 11.6 Å². The van der Waals surface area contributed by atoms with Crippen molar-refractivity contribution >= 4 is 11.9 Å². The van der Waals surface area contributed by atoms with Gasteiger partial charge in [-0.05, 0) is 17.2 Å². The van der Waals surface area contributed by atoms with Gasteiger partial charge in [0.15, 0.2) is 6.04 Å². The molecular formula is C12H12N2O2. The second kappa shape index (κ2) is 4.28. The average molecular weight is 216 g/mol. The van der Waals surface area contributed by atoms with Gasteiger partial charge in [0.2, 0.25) is 5.90 Å². The van der Waals surface area contributed by atoms with Crippen LogP contribution in [0.25, 0.3) is 0 Å². The van der Waals surface area contributed by atoms with Crippen LogP contribution in [0.2, 0.25) is 0 Å². The van der Waals surface area contributed by atoms with Gasteiger partial charge in [-0.1, -0.05) is 30.8 Å². The van der Waals surface area contributed by atoms with Gasteiger partial charge in [0, 0.05) is 6.54 Å². The molecule has 1 unspecified atom stereocenters. The van der Waals surface area contributed by atoms with Crippen molar-refractivity contribution in [1.29, 1.82) is 0 Å². The molecule has 0 amide bonds. The lowest BCUT2D eigenvalue weighted by Gasteiger charge is -2.04. The average Bonchev–Trinajstić information content (AvgIpc) is 2.71. The van der Waals surface area contributed by atoms with Gasteiger partial charge in [-0.25, -0.2) is 9.79 Å². The number of nitrogens with zero attached hydrogens (tertiary/aromatic N) is 1. The monoisotopic (exact) mass is 216 g/mol. The highest BCUT2D eigenvalue weighted by Gasteiger charge is 2.28. The van der Waals surface area contributed by atoms with Crippen LogP contribution in [-0.4, -0.2) is 11.9 Å². The van der Waals surface area contributed by atoms with Crippen LogP contribution in [0.15, 0.2) is 41.9 Å². The Kier molecular flexibility index (Phi) is 2.83.